The molecule has 1 fully saturated rings. The number of rotatable bonds is 7. The van der Waals surface area contributed by atoms with Gasteiger partial charge < -0.3 is 10.1 Å². The molecule has 0 radical (unpaired) electrons. The van der Waals surface area contributed by atoms with Crippen LogP contribution in [0.5, 0.6) is 0 Å². The third-order valence-corrected chi connectivity index (χ3v) is 5.27. The number of ether oxygens (including phenoxy) is 1. The first-order valence-electron chi connectivity index (χ1n) is 8.75. The summed E-state index contributed by atoms with van der Waals surface area (Å²) < 4.78 is 6.64. The van der Waals surface area contributed by atoms with E-state index in [0.29, 0.717) is 23.4 Å². The fourth-order valence-electron chi connectivity index (χ4n) is 3.15. The highest BCUT2D eigenvalue weighted by Gasteiger charge is 2.27. The van der Waals surface area contributed by atoms with Crippen molar-refractivity contribution in [3.05, 3.63) is 17.4 Å². The number of esters is 1. The van der Waals surface area contributed by atoms with E-state index in [2.05, 4.69) is 25.8 Å². The predicted molar refractivity (Wildman–Crippen MR) is 94.3 cm³/mol. The molecule has 2 aromatic heterocycles. The maximum absolute atomic E-state index is 12.5. The van der Waals surface area contributed by atoms with Gasteiger partial charge in [0, 0.05) is 17.8 Å². The largest absolute Gasteiger partial charge is 0.466 e. The summed E-state index contributed by atoms with van der Waals surface area (Å²) in [4.78, 5) is 28.2. The number of carbonyl (C=O) groups is 2. The van der Waals surface area contributed by atoms with Gasteiger partial charge in [-0.1, -0.05) is 0 Å². The number of tetrazole rings is 1. The van der Waals surface area contributed by atoms with Crippen LogP contribution in [0, 0.1) is 11.8 Å². The Morgan fingerprint density at radius 3 is 2.85 bits per heavy atom. The van der Waals surface area contributed by atoms with Crippen LogP contribution < -0.4 is 5.32 Å². The number of hydrogen-bond donors (Lipinski definition) is 1. The third kappa shape index (κ3) is 5.07. The van der Waals surface area contributed by atoms with Gasteiger partial charge >= 0.3 is 5.97 Å². The molecule has 0 bridgehead atoms. The molecule has 0 saturated heterocycles. The van der Waals surface area contributed by atoms with Crippen molar-refractivity contribution in [2.45, 2.75) is 45.6 Å². The van der Waals surface area contributed by atoms with Crippen LogP contribution in [0.4, 0.5) is 5.13 Å². The highest BCUT2D eigenvalue weighted by Crippen LogP contribution is 2.30. The zero-order valence-corrected chi connectivity index (χ0v) is 15.4. The van der Waals surface area contributed by atoms with Crippen LogP contribution in [-0.4, -0.2) is 43.7 Å². The number of nitrogens with zero attached hydrogens (tertiary/aromatic N) is 5. The van der Waals surface area contributed by atoms with E-state index >= 15 is 0 Å². The SMILES string of the molecule is CCOC(=O)Cc1csc(NC(=O)C2CCC(Cn3cnnn3)CC2)n1. The molecule has 2 heterocycles. The second-order valence-corrected chi connectivity index (χ2v) is 7.22. The number of anilines is 1. The van der Waals surface area contributed by atoms with E-state index in [-0.39, 0.29) is 24.2 Å². The lowest BCUT2D eigenvalue weighted by molar-refractivity contribution is -0.142. The first-order valence-corrected chi connectivity index (χ1v) is 9.63. The minimum absolute atomic E-state index is 0.00229. The molecule has 0 aliphatic heterocycles. The Morgan fingerprint density at radius 1 is 1.35 bits per heavy atom. The predicted octanol–water partition coefficient (Wildman–Crippen LogP) is 1.68. The average Bonchev–Trinajstić information content (AvgIpc) is 3.28. The summed E-state index contributed by atoms with van der Waals surface area (Å²) in [6.45, 7) is 2.91. The summed E-state index contributed by atoms with van der Waals surface area (Å²) in [7, 11) is 0. The zero-order chi connectivity index (χ0) is 18.4. The third-order valence-electron chi connectivity index (χ3n) is 4.47. The molecule has 140 valence electrons. The van der Waals surface area contributed by atoms with E-state index in [9.17, 15) is 9.59 Å². The van der Waals surface area contributed by atoms with Crippen molar-refractivity contribution in [3.8, 4) is 0 Å². The summed E-state index contributed by atoms with van der Waals surface area (Å²) >= 11 is 1.33. The number of hydrogen-bond acceptors (Lipinski definition) is 8. The standard InChI is InChI=1S/C16H22N6O3S/c1-2-25-14(23)7-13-9-26-16(18-13)19-15(24)12-5-3-11(4-6-12)8-22-10-17-20-21-22/h9-12H,2-8H2,1H3,(H,18,19,24). The number of aromatic nitrogens is 5. The van der Waals surface area contributed by atoms with Crippen LogP contribution in [0.3, 0.4) is 0 Å². The van der Waals surface area contributed by atoms with Gasteiger partial charge in [-0.15, -0.1) is 16.4 Å². The van der Waals surface area contributed by atoms with Crippen molar-refractivity contribution in [3.63, 3.8) is 0 Å². The number of amides is 1. The van der Waals surface area contributed by atoms with E-state index in [1.54, 1.807) is 23.3 Å². The topological polar surface area (TPSA) is 112 Å². The van der Waals surface area contributed by atoms with Gasteiger partial charge in [0.25, 0.3) is 0 Å². The van der Waals surface area contributed by atoms with Gasteiger partial charge in [-0.3, -0.25) is 9.59 Å². The van der Waals surface area contributed by atoms with Crippen molar-refractivity contribution < 1.29 is 14.3 Å². The van der Waals surface area contributed by atoms with Crippen molar-refractivity contribution in [2.24, 2.45) is 11.8 Å². The Hall–Kier alpha value is -2.36. The van der Waals surface area contributed by atoms with Crippen molar-refractivity contribution in [1.29, 1.82) is 0 Å². The van der Waals surface area contributed by atoms with Crippen molar-refractivity contribution in [2.75, 3.05) is 11.9 Å². The molecule has 0 unspecified atom stereocenters. The van der Waals surface area contributed by atoms with Gasteiger partial charge in [0.1, 0.15) is 6.33 Å². The smallest absolute Gasteiger partial charge is 0.311 e. The van der Waals surface area contributed by atoms with Gasteiger partial charge in [-0.25, -0.2) is 9.67 Å². The quantitative estimate of drug-likeness (QED) is 0.730. The fourth-order valence-corrected chi connectivity index (χ4v) is 3.86. The second kappa shape index (κ2) is 8.84. The van der Waals surface area contributed by atoms with Crippen LogP contribution in [0.2, 0.25) is 0 Å². The maximum Gasteiger partial charge on any atom is 0.311 e. The first-order chi connectivity index (χ1) is 12.6. The Bertz CT molecular complexity index is 724. The van der Waals surface area contributed by atoms with Crippen LogP contribution in [0.1, 0.15) is 38.3 Å². The van der Waals surface area contributed by atoms with E-state index in [1.807, 2.05) is 0 Å². The summed E-state index contributed by atoms with van der Waals surface area (Å²) in [6.07, 6.45) is 5.39. The van der Waals surface area contributed by atoms with Crippen LogP contribution >= 0.6 is 11.3 Å². The molecule has 3 rings (SSSR count). The Balaban J connectivity index is 1.44. The molecule has 1 aliphatic rings. The minimum Gasteiger partial charge on any atom is -0.466 e. The van der Waals surface area contributed by atoms with Crippen molar-refractivity contribution >= 4 is 28.3 Å². The summed E-state index contributed by atoms with van der Waals surface area (Å²) in [6, 6.07) is 0. The van der Waals surface area contributed by atoms with E-state index in [1.165, 1.54) is 11.3 Å². The lowest BCUT2D eigenvalue weighted by atomic mass is 9.81. The highest BCUT2D eigenvalue weighted by molar-refractivity contribution is 7.13. The van der Waals surface area contributed by atoms with Crippen LogP contribution in [-0.2, 0) is 27.3 Å². The summed E-state index contributed by atoms with van der Waals surface area (Å²) in [5.41, 5.74) is 0.619. The first kappa shape index (κ1) is 18.4. The molecule has 9 nitrogen and oxygen atoms in total. The number of nitrogens with one attached hydrogen (secondary N) is 1. The van der Waals surface area contributed by atoms with Crippen LogP contribution in [0.15, 0.2) is 11.7 Å². The molecule has 26 heavy (non-hydrogen) atoms. The zero-order valence-electron chi connectivity index (χ0n) is 14.6. The molecule has 2 aromatic rings. The van der Waals surface area contributed by atoms with Gasteiger partial charge in [0.05, 0.1) is 18.7 Å². The fraction of sp³-hybridized carbons (Fsp3) is 0.625. The highest BCUT2D eigenvalue weighted by atomic mass is 32.1. The van der Waals surface area contributed by atoms with Crippen LogP contribution in [0.25, 0.3) is 0 Å². The maximum atomic E-state index is 12.5. The average molecular weight is 378 g/mol. The number of carbonyl (C=O) groups excluding carboxylic acids is 2. The van der Waals surface area contributed by atoms with E-state index in [4.69, 9.17) is 4.74 Å². The molecule has 0 aromatic carbocycles. The van der Waals surface area contributed by atoms with Gasteiger partial charge in [-0.2, -0.15) is 0 Å². The minimum atomic E-state index is -0.309. The molecule has 1 saturated carbocycles. The molecular weight excluding hydrogens is 356 g/mol. The molecule has 1 N–H and O–H groups in total. The van der Waals surface area contributed by atoms with E-state index < -0.39 is 0 Å². The van der Waals surface area contributed by atoms with E-state index in [0.717, 1.165) is 32.2 Å². The molecular formula is C16H22N6O3S. The van der Waals surface area contributed by atoms with Gasteiger partial charge in [0.2, 0.25) is 5.91 Å². The second-order valence-electron chi connectivity index (χ2n) is 6.36. The Morgan fingerprint density at radius 2 is 2.15 bits per heavy atom. The monoisotopic (exact) mass is 378 g/mol. The van der Waals surface area contributed by atoms with Gasteiger partial charge in [-0.05, 0) is 49.0 Å². The summed E-state index contributed by atoms with van der Waals surface area (Å²) in [5, 5.41) is 16.4. The molecule has 0 atom stereocenters. The lowest BCUT2D eigenvalue weighted by Gasteiger charge is -2.27. The molecule has 1 aliphatic carbocycles. The Labute approximate surface area is 155 Å². The molecule has 1 amide bonds. The molecule has 0 spiro atoms. The normalized spacial score (nSPS) is 19.9. The lowest BCUT2D eigenvalue weighted by Crippen LogP contribution is -2.28. The van der Waals surface area contributed by atoms with Gasteiger partial charge in [0.15, 0.2) is 5.13 Å². The summed E-state index contributed by atoms with van der Waals surface area (Å²) in [5.74, 6) is 0.190. The Kier molecular flexibility index (Phi) is 6.26. The number of thiazole rings is 1. The molecule has 10 heteroatoms. The van der Waals surface area contributed by atoms with Crippen molar-refractivity contribution in [1.82, 2.24) is 25.2 Å².